The van der Waals surface area contributed by atoms with E-state index in [2.05, 4.69) is 31.2 Å². The van der Waals surface area contributed by atoms with Gasteiger partial charge in [0.2, 0.25) is 0 Å². The number of nitrogens with one attached hydrogen (secondary N) is 1. The van der Waals surface area contributed by atoms with Gasteiger partial charge in [-0.1, -0.05) is 25.9 Å². The predicted molar refractivity (Wildman–Crippen MR) is 115 cm³/mol. The Labute approximate surface area is 176 Å². The molecule has 4 saturated carbocycles. The zero-order valence-electron chi connectivity index (χ0n) is 18.8. The van der Waals surface area contributed by atoms with Gasteiger partial charge in [0.25, 0.3) is 0 Å². The molecule has 5 heteroatoms. The fraction of sp³-hybridized carbons (Fsp3) is 0.917. The molecule has 0 aliphatic heterocycles. The molecule has 0 aromatic rings. The third kappa shape index (κ3) is 3.18. The second kappa shape index (κ2) is 7.64. The third-order valence-corrected chi connectivity index (χ3v) is 9.66. The summed E-state index contributed by atoms with van der Waals surface area (Å²) in [4.78, 5) is 18.2. The molecule has 0 aromatic carbocycles. The maximum absolute atomic E-state index is 12.6. The van der Waals surface area contributed by atoms with Crippen molar-refractivity contribution in [1.82, 2.24) is 5.32 Å². The van der Waals surface area contributed by atoms with Crippen LogP contribution in [0.1, 0.15) is 78.6 Å². The molecule has 4 aliphatic rings. The predicted octanol–water partition coefficient (Wildman–Crippen LogP) is 3.94. The molecule has 29 heavy (non-hydrogen) atoms. The van der Waals surface area contributed by atoms with E-state index in [1.165, 1.54) is 0 Å². The Hall–Kier alpha value is -0.940. The average Bonchev–Trinajstić information content (AvgIpc) is 2.99. The summed E-state index contributed by atoms with van der Waals surface area (Å²) in [5.41, 5.74) is 0.120. The quantitative estimate of drug-likeness (QED) is 0.538. The number of ketones is 1. The van der Waals surface area contributed by atoms with Crippen molar-refractivity contribution in [3.8, 4) is 0 Å². The molecule has 0 heterocycles. The van der Waals surface area contributed by atoms with Crippen LogP contribution in [0, 0.1) is 34.5 Å². The standard InChI is InChI=1S/C24H40N2O3/c1-16-14-18-19-6-7-21(27)22(19,2)10-9-20(18)23(3)11-8-17(15-24(16,23)28)26-29-13-5-12-25-4/h16,18-20,25,28H,5-15H2,1-4H3/t16?,18-,19-,20+,22-,23+,24?/m0/s1. The summed E-state index contributed by atoms with van der Waals surface area (Å²) >= 11 is 0. The molecule has 0 aromatic heterocycles. The van der Waals surface area contributed by atoms with Gasteiger partial charge in [0.15, 0.2) is 0 Å². The first-order chi connectivity index (χ1) is 13.8. The number of hydrogen-bond donors (Lipinski definition) is 2. The average molecular weight is 405 g/mol. The van der Waals surface area contributed by atoms with Gasteiger partial charge in [-0.25, -0.2) is 0 Å². The molecule has 0 spiro atoms. The first kappa shape index (κ1) is 21.3. The largest absolute Gasteiger partial charge is 0.396 e. The normalized spacial score (nSPS) is 48.2. The molecule has 4 aliphatic carbocycles. The minimum Gasteiger partial charge on any atom is -0.396 e. The Bertz CT molecular complexity index is 679. The van der Waals surface area contributed by atoms with Gasteiger partial charge < -0.3 is 15.3 Å². The maximum atomic E-state index is 12.6. The van der Waals surface area contributed by atoms with Crippen LogP contribution in [-0.2, 0) is 9.63 Å². The SMILES string of the molecule is CNCCCON=C1CC[C@]2(C)[C@@H]3CC[C@]4(C)C(=O)CC[C@H]4[C@@H]3CC(C)C2(O)C1. The molecule has 0 amide bonds. The van der Waals surface area contributed by atoms with Gasteiger partial charge >= 0.3 is 0 Å². The van der Waals surface area contributed by atoms with E-state index < -0.39 is 5.60 Å². The van der Waals surface area contributed by atoms with E-state index in [0.29, 0.717) is 36.6 Å². The molecule has 4 rings (SSSR count). The lowest BCUT2D eigenvalue weighted by atomic mass is 9.41. The van der Waals surface area contributed by atoms with Crippen molar-refractivity contribution in [3.05, 3.63) is 0 Å². The fourth-order valence-corrected chi connectivity index (χ4v) is 7.78. The Kier molecular flexibility index (Phi) is 5.61. The molecule has 2 unspecified atom stereocenters. The molecule has 0 saturated heterocycles. The first-order valence-electron chi connectivity index (χ1n) is 11.8. The molecule has 0 bridgehead atoms. The van der Waals surface area contributed by atoms with Gasteiger partial charge in [0.05, 0.1) is 11.3 Å². The van der Waals surface area contributed by atoms with E-state index in [4.69, 9.17) is 4.84 Å². The van der Waals surface area contributed by atoms with Crippen LogP contribution >= 0.6 is 0 Å². The van der Waals surface area contributed by atoms with Crippen molar-refractivity contribution in [2.75, 3.05) is 20.2 Å². The van der Waals surface area contributed by atoms with Crippen LogP contribution in [-0.4, -0.2) is 42.4 Å². The van der Waals surface area contributed by atoms with E-state index in [1.54, 1.807) is 0 Å². The summed E-state index contributed by atoms with van der Waals surface area (Å²) in [6.45, 7) is 8.34. The van der Waals surface area contributed by atoms with Gasteiger partial charge in [0.1, 0.15) is 12.4 Å². The zero-order valence-corrected chi connectivity index (χ0v) is 18.8. The zero-order chi connectivity index (χ0) is 20.9. The topological polar surface area (TPSA) is 70.9 Å². The highest BCUT2D eigenvalue weighted by atomic mass is 16.6. The summed E-state index contributed by atoms with van der Waals surface area (Å²) in [6.07, 6.45) is 8.43. The second-order valence-corrected chi connectivity index (χ2v) is 10.9. The molecule has 4 fully saturated rings. The number of hydrogen-bond acceptors (Lipinski definition) is 5. The summed E-state index contributed by atoms with van der Waals surface area (Å²) in [6, 6.07) is 0. The molecular formula is C24H40N2O3. The highest BCUT2D eigenvalue weighted by molar-refractivity contribution is 5.87. The van der Waals surface area contributed by atoms with Crippen molar-refractivity contribution in [2.24, 2.45) is 39.7 Å². The summed E-state index contributed by atoms with van der Waals surface area (Å²) < 4.78 is 0. The molecule has 5 nitrogen and oxygen atoms in total. The molecule has 7 atom stereocenters. The van der Waals surface area contributed by atoms with Crippen LogP contribution in [0.5, 0.6) is 0 Å². The van der Waals surface area contributed by atoms with Gasteiger partial charge in [-0.05, 0) is 82.2 Å². The van der Waals surface area contributed by atoms with E-state index in [9.17, 15) is 9.90 Å². The number of Topliss-reactive ketones (excluding diaryl/α,β-unsaturated/α-hetero) is 1. The van der Waals surface area contributed by atoms with Crippen LogP contribution in [0.2, 0.25) is 0 Å². The number of fused-ring (bicyclic) bond motifs is 5. The number of carbonyl (C=O) groups excluding carboxylic acids is 1. The van der Waals surface area contributed by atoms with Crippen LogP contribution in [0.3, 0.4) is 0 Å². The van der Waals surface area contributed by atoms with Crippen molar-refractivity contribution in [1.29, 1.82) is 0 Å². The van der Waals surface area contributed by atoms with Gasteiger partial charge in [-0.15, -0.1) is 0 Å². The minimum atomic E-state index is -0.712. The fourth-order valence-electron chi connectivity index (χ4n) is 7.78. The molecule has 0 radical (unpaired) electrons. The van der Waals surface area contributed by atoms with Crippen molar-refractivity contribution >= 4 is 11.5 Å². The highest BCUT2D eigenvalue weighted by Crippen LogP contribution is 2.67. The van der Waals surface area contributed by atoms with E-state index in [1.807, 2.05) is 7.05 Å². The molecule has 164 valence electrons. The van der Waals surface area contributed by atoms with Gasteiger partial charge in [0, 0.05) is 23.7 Å². The Morgan fingerprint density at radius 3 is 2.76 bits per heavy atom. The summed E-state index contributed by atoms with van der Waals surface area (Å²) in [5.74, 6) is 2.33. The number of nitrogens with zero attached hydrogens (tertiary/aromatic N) is 1. The lowest BCUT2D eigenvalue weighted by Crippen LogP contribution is -2.65. The number of aliphatic hydroxyl groups is 1. The lowest BCUT2D eigenvalue weighted by Gasteiger charge is -2.65. The van der Waals surface area contributed by atoms with Crippen LogP contribution in [0.25, 0.3) is 0 Å². The molecular weight excluding hydrogens is 364 g/mol. The monoisotopic (exact) mass is 404 g/mol. The second-order valence-electron chi connectivity index (χ2n) is 10.9. The van der Waals surface area contributed by atoms with Crippen LogP contribution in [0.15, 0.2) is 5.16 Å². The number of rotatable bonds is 5. The summed E-state index contributed by atoms with van der Waals surface area (Å²) in [7, 11) is 1.94. The number of carbonyl (C=O) groups is 1. The molecule has 2 N–H and O–H groups in total. The van der Waals surface area contributed by atoms with Crippen molar-refractivity contribution in [2.45, 2.75) is 84.2 Å². The Morgan fingerprint density at radius 2 is 2.00 bits per heavy atom. The Morgan fingerprint density at radius 1 is 1.21 bits per heavy atom. The first-order valence-corrected chi connectivity index (χ1v) is 11.8. The Balaban J connectivity index is 1.53. The number of oxime groups is 1. The van der Waals surface area contributed by atoms with E-state index in [-0.39, 0.29) is 16.7 Å². The smallest absolute Gasteiger partial charge is 0.139 e. The van der Waals surface area contributed by atoms with Crippen molar-refractivity contribution < 1.29 is 14.7 Å². The van der Waals surface area contributed by atoms with Crippen LogP contribution < -0.4 is 5.32 Å². The van der Waals surface area contributed by atoms with Crippen LogP contribution in [0.4, 0.5) is 0 Å². The van der Waals surface area contributed by atoms with Crippen molar-refractivity contribution in [3.63, 3.8) is 0 Å². The maximum Gasteiger partial charge on any atom is 0.139 e. The van der Waals surface area contributed by atoms with Gasteiger partial charge in [-0.2, -0.15) is 0 Å². The minimum absolute atomic E-state index is 0.0898. The van der Waals surface area contributed by atoms with E-state index in [0.717, 1.165) is 63.6 Å². The highest BCUT2D eigenvalue weighted by Gasteiger charge is 2.66. The van der Waals surface area contributed by atoms with Gasteiger partial charge in [-0.3, -0.25) is 4.79 Å². The van der Waals surface area contributed by atoms with E-state index >= 15 is 0 Å². The third-order valence-electron chi connectivity index (χ3n) is 9.66. The summed E-state index contributed by atoms with van der Waals surface area (Å²) in [5, 5.41) is 19.5. The lowest BCUT2D eigenvalue weighted by molar-refractivity contribution is -0.214.